The Labute approximate surface area is 244 Å². The third kappa shape index (κ3) is 6.38. The number of rotatable bonds is 12. The lowest BCUT2D eigenvalue weighted by Crippen LogP contribution is -2.42. The first-order valence-corrected chi connectivity index (χ1v) is 15.3. The van der Waals surface area contributed by atoms with Gasteiger partial charge in [0.25, 0.3) is 0 Å². The number of hydrogen-bond acceptors (Lipinski definition) is 6. The van der Waals surface area contributed by atoms with Gasteiger partial charge in [0.05, 0.1) is 13.2 Å². The van der Waals surface area contributed by atoms with Crippen molar-refractivity contribution in [1.29, 1.82) is 0 Å². The summed E-state index contributed by atoms with van der Waals surface area (Å²) in [6.45, 7) is 2.36. The van der Waals surface area contributed by atoms with E-state index in [1.807, 2.05) is 48.5 Å². The molecule has 0 saturated carbocycles. The Morgan fingerprint density at radius 2 is 1.56 bits per heavy atom. The van der Waals surface area contributed by atoms with Crippen molar-refractivity contribution in [2.75, 3.05) is 19.8 Å². The maximum atomic E-state index is 15.2. The molecule has 1 aliphatic carbocycles. The highest BCUT2D eigenvalue weighted by molar-refractivity contribution is 9.10. The number of alkyl halides is 2. The maximum Gasteiger partial charge on any atom is 0.407 e. The number of benzene rings is 3. The quantitative estimate of drug-likeness (QED) is 0.198. The van der Waals surface area contributed by atoms with Gasteiger partial charge < -0.3 is 24.2 Å². The van der Waals surface area contributed by atoms with Gasteiger partial charge in [-0.3, -0.25) is 4.57 Å². The van der Waals surface area contributed by atoms with Crippen LogP contribution < -0.4 is 5.32 Å². The molecule has 0 heterocycles. The standard InChI is InChI=1S/C29H29BrF2NO7P/c1-3-39-41(37,40-4-2)29(31,32)24-14-13-18(15-25(24)30)16-26(27(34)35)33-28(36)38-17-23-21-11-7-5-9-19(21)20-10-6-8-12-22(20)23/h5-15,23,26H,3-4,16-17H2,1-2H3,(H,33,36)(H,34,35)/t26-/m0/s1. The van der Waals surface area contributed by atoms with Crippen molar-refractivity contribution in [2.45, 2.75) is 37.9 Å². The molecule has 0 saturated heterocycles. The predicted molar refractivity (Wildman–Crippen MR) is 152 cm³/mol. The Balaban J connectivity index is 1.44. The molecule has 8 nitrogen and oxygen atoms in total. The molecule has 4 rings (SSSR count). The number of carboxylic acids is 1. The Hall–Kier alpha value is -3.11. The van der Waals surface area contributed by atoms with E-state index in [0.717, 1.165) is 28.3 Å². The van der Waals surface area contributed by atoms with Gasteiger partial charge in [0.15, 0.2) is 0 Å². The fourth-order valence-electron chi connectivity index (χ4n) is 4.83. The van der Waals surface area contributed by atoms with Crippen LogP contribution in [0.15, 0.2) is 71.2 Å². The molecular weight excluding hydrogens is 623 g/mol. The number of fused-ring (bicyclic) bond motifs is 3. The van der Waals surface area contributed by atoms with Crippen LogP contribution in [-0.2, 0) is 35.2 Å². The van der Waals surface area contributed by atoms with Crippen LogP contribution in [-0.4, -0.2) is 43.0 Å². The summed E-state index contributed by atoms with van der Waals surface area (Å²) < 4.78 is 58.2. The van der Waals surface area contributed by atoms with Crippen molar-refractivity contribution in [3.05, 3.63) is 93.5 Å². The number of nitrogens with one attached hydrogen (secondary N) is 1. The lowest BCUT2D eigenvalue weighted by Gasteiger charge is -2.27. The lowest BCUT2D eigenvalue weighted by molar-refractivity contribution is -0.139. The van der Waals surface area contributed by atoms with E-state index in [4.69, 9.17) is 13.8 Å². The third-order valence-corrected chi connectivity index (χ3v) is 9.45. The molecule has 1 amide bonds. The summed E-state index contributed by atoms with van der Waals surface area (Å²) in [5.41, 5.74) is -0.152. The molecule has 0 bridgehead atoms. The average molecular weight is 652 g/mol. The number of carbonyl (C=O) groups excluding carboxylic acids is 1. The molecule has 41 heavy (non-hydrogen) atoms. The number of halogens is 3. The van der Waals surface area contributed by atoms with Crippen LogP contribution in [0, 0.1) is 0 Å². The van der Waals surface area contributed by atoms with E-state index >= 15 is 8.78 Å². The average Bonchev–Trinajstić information content (AvgIpc) is 3.25. The van der Waals surface area contributed by atoms with Crippen LogP contribution in [0.1, 0.15) is 42.0 Å². The van der Waals surface area contributed by atoms with Crippen LogP contribution in [0.5, 0.6) is 0 Å². The Bertz CT molecular complexity index is 1430. The van der Waals surface area contributed by atoms with Crippen LogP contribution in [0.25, 0.3) is 11.1 Å². The first-order valence-electron chi connectivity index (χ1n) is 12.9. The largest absolute Gasteiger partial charge is 0.480 e. The monoisotopic (exact) mass is 651 g/mol. The number of amides is 1. The van der Waals surface area contributed by atoms with E-state index in [9.17, 15) is 19.3 Å². The van der Waals surface area contributed by atoms with Crippen molar-refractivity contribution in [3.8, 4) is 11.1 Å². The molecule has 12 heteroatoms. The van der Waals surface area contributed by atoms with Crippen LogP contribution in [0.3, 0.4) is 0 Å². The highest BCUT2D eigenvalue weighted by Crippen LogP contribution is 2.67. The molecule has 0 unspecified atom stereocenters. The zero-order chi connectivity index (χ0) is 29.8. The first kappa shape index (κ1) is 30.8. The summed E-state index contributed by atoms with van der Waals surface area (Å²) in [5, 5.41) is 12.1. The molecule has 0 aromatic heterocycles. The van der Waals surface area contributed by atoms with Gasteiger partial charge in [0.1, 0.15) is 12.6 Å². The van der Waals surface area contributed by atoms with Crippen molar-refractivity contribution in [1.82, 2.24) is 5.32 Å². The molecule has 0 aliphatic heterocycles. The highest BCUT2D eigenvalue weighted by atomic mass is 79.9. The van der Waals surface area contributed by atoms with Gasteiger partial charge in [-0.15, -0.1) is 0 Å². The summed E-state index contributed by atoms with van der Waals surface area (Å²) in [6, 6.07) is 17.8. The van der Waals surface area contributed by atoms with E-state index in [1.165, 1.54) is 26.0 Å². The molecule has 0 radical (unpaired) electrons. The molecule has 3 aromatic carbocycles. The highest BCUT2D eigenvalue weighted by Gasteiger charge is 2.55. The van der Waals surface area contributed by atoms with Crippen molar-refractivity contribution < 1.29 is 41.8 Å². The molecule has 218 valence electrons. The normalized spacial score (nSPS) is 13.8. The van der Waals surface area contributed by atoms with Gasteiger partial charge in [-0.1, -0.05) is 76.6 Å². The minimum Gasteiger partial charge on any atom is -0.480 e. The number of hydrogen-bond donors (Lipinski definition) is 2. The fourth-order valence-corrected chi connectivity index (χ4v) is 7.23. The summed E-state index contributed by atoms with van der Waals surface area (Å²) in [7, 11) is -4.84. The molecule has 0 fully saturated rings. The van der Waals surface area contributed by atoms with Crippen molar-refractivity contribution in [3.63, 3.8) is 0 Å². The van der Waals surface area contributed by atoms with Gasteiger partial charge in [-0.05, 0) is 47.7 Å². The smallest absolute Gasteiger partial charge is 0.407 e. The van der Waals surface area contributed by atoms with Crippen LogP contribution in [0.4, 0.5) is 13.6 Å². The van der Waals surface area contributed by atoms with Crippen molar-refractivity contribution >= 4 is 35.6 Å². The zero-order valence-electron chi connectivity index (χ0n) is 22.3. The molecule has 0 spiro atoms. The molecule has 2 N–H and O–H groups in total. The number of ether oxygens (including phenoxy) is 1. The summed E-state index contributed by atoms with van der Waals surface area (Å²) in [6.07, 6.45) is -1.14. The zero-order valence-corrected chi connectivity index (χ0v) is 24.8. The second kappa shape index (κ2) is 12.8. The summed E-state index contributed by atoms with van der Waals surface area (Å²) in [5.74, 6) is -1.54. The predicted octanol–water partition coefficient (Wildman–Crippen LogP) is 7.30. The summed E-state index contributed by atoms with van der Waals surface area (Å²) in [4.78, 5) is 24.6. The van der Waals surface area contributed by atoms with Gasteiger partial charge in [0.2, 0.25) is 0 Å². The van der Waals surface area contributed by atoms with E-state index in [1.54, 1.807) is 0 Å². The van der Waals surface area contributed by atoms with E-state index < -0.39 is 36.9 Å². The Kier molecular flexibility index (Phi) is 9.64. The van der Waals surface area contributed by atoms with Gasteiger partial charge in [-0.2, -0.15) is 8.78 Å². The second-order valence-corrected chi connectivity index (χ2v) is 12.2. The molecule has 1 aliphatic rings. The van der Waals surface area contributed by atoms with Gasteiger partial charge >= 0.3 is 25.3 Å². The van der Waals surface area contributed by atoms with E-state index in [0.29, 0.717) is 5.56 Å². The van der Waals surface area contributed by atoms with Gasteiger partial charge in [0, 0.05) is 22.4 Å². The Morgan fingerprint density at radius 3 is 2.07 bits per heavy atom. The Morgan fingerprint density at radius 1 is 1.00 bits per heavy atom. The number of carbonyl (C=O) groups is 2. The van der Waals surface area contributed by atoms with E-state index in [-0.39, 0.29) is 36.6 Å². The fraction of sp³-hybridized carbons (Fsp3) is 0.310. The van der Waals surface area contributed by atoms with E-state index in [2.05, 4.69) is 21.2 Å². The van der Waals surface area contributed by atoms with Crippen LogP contribution in [0.2, 0.25) is 0 Å². The SMILES string of the molecule is CCOP(=O)(OCC)C(F)(F)c1ccc(C[C@H](NC(=O)OCC2c3ccccc3-c3ccccc32)C(=O)O)cc1Br. The number of alkyl carbamates (subject to hydrolysis) is 1. The first-order chi connectivity index (χ1) is 19.5. The number of carboxylic acid groups (broad SMARTS) is 1. The topological polar surface area (TPSA) is 111 Å². The van der Waals surface area contributed by atoms with Crippen LogP contribution >= 0.6 is 23.5 Å². The maximum absolute atomic E-state index is 15.2. The third-order valence-electron chi connectivity index (χ3n) is 6.67. The lowest BCUT2D eigenvalue weighted by atomic mass is 9.98. The minimum absolute atomic E-state index is 0.00124. The molecule has 1 atom stereocenters. The minimum atomic E-state index is -4.84. The van der Waals surface area contributed by atoms with Crippen molar-refractivity contribution in [2.24, 2.45) is 0 Å². The number of aliphatic carboxylic acids is 1. The summed E-state index contributed by atoms with van der Waals surface area (Å²) >= 11 is 3.07. The second-order valence-electron chi connectivity index (χ2n) is 9.25. The molecular formula is C29H29BrF2NO7P. The van der Waals surface area contributed by atoms with Gasteiger partial charge in [-0.25, -0.2) is 9.59 Å². The molecule has 3 aromatic rings.